The number of piperidine rings is 1. The van der Waals surface area contributed by atoms with Gasteiger partial charge in [0.05, 0.1) is 4.32 Å². The predicted octanol–water partition coefficient (Wildman–Crippen LogP) is 4.44. The second-order valence-corrected chi connectivity index (χ2v) is 7.58. The van der Waals surface area contributed by atoms with E-state index in [0.29, 0.717) is 5.56 Å². The van der Waals surface area contributed by atoms with Gasteiger partial charge < -0.3 is 0 Å². The summed E-state index contributed by atoms with van der Waals surface area (Å²) >= 11 is 3.66. The number of likely N-dealkylation sites (tertiary alicyclic amines) is 1. The smallest absolute Gasteiger partial charge is 0.179 e. The normalized spacial score (nSPS) is 17.8. The Bertz CT molecular complexity index is 664. The van der Waals surface area contributed by atoms with Gasteiger partial charge in [-0.1, -0.05) is 46.3 Å². The summed E-state index contributed by atoms with van der Waals surface area (Å²) in [5.74, 6) is -0.264. The lowest BCUT2D eigenvalue weighted by Crippen LogP contribution is -2.45. The Morgan fingerprint density at radius 2 is 1.65 bits per heavy atom. The molecule has 1 aliphatic rings. The Morgan fingerprint density at radius 1 is 1.04 bits per heavy atom. The topological polar surface area (TPSA) is 20.3 Å². The maximum Gasteiger partial charge on any atom is 0.179 e. The van der Waals surface area contributed by atoms with Gasteiger partial charge in [-0.2, -0.15) is 0 Å². The standard InChI is InChI=1S/C19H19BrFNO/c20-19(18(23)16-6-8-17(21)9-7-16)10-12-22(13-11-19)14-15-4-2-1-3-5-15/h1-9H,10-14H2. The summed E-state index contributed by atoms with van der Waals surface area (Å²) in [5, 5.41) is 0. The van der Waals surface area contributed by atoms with E-state index in [2.05, 4.69) is 33.0 Å². The molecule has 0 spiro atoms. The maximum atomic E-state index is 13.0. The van der Waals surface area contributed by atoms with E-state index in [-0.39, 0.29) is 11.6 Å². The lowest BCUT2D eigenvalue weighted by molar-refractivity contribution is 0.0882. The number of nitrogens with zero attached hydrogens (tertiary/aromatic N) is 1. The Morgan fingerprint density at radius 3 is 2.26 bits per heavy atom. The van der Waals surface area contributed by atoms with E-state index in [1.165, 1.54) is 17.7 Å². The average Bonchev–Trinajstić information content (AvgIpc) is 2.58. The molecule has 1 heterocycles. The Kier molecular flexibility index (Phi) is 4.93. The number of ketones is 1. The number of hydrogen-bond acceptors (Lipinski definition) is 2. The molecule has 0 unspecified atom stereocenters. The number of Topliss-reactive ketones (excluding diaryl/α,β-unsaturated/α-hetero) is 1. The van der Waals surface area contributed by atoms with Crippen LogP contribution in [0.1, 0.15) is 28.8 Å². The van der Waals surface area contributed by atoms with Crippen LogP contribution in [0.25, 0.3) is 0 Å². The predicted molar refractivity (Wildman–Crippen MR) is 93.3 cm³/mol. The molecule has 4 heteroatoms. The van der Waals surface area contributed by atoms with Crippen molar-refractivity contribution in [1.29, 1.82) is 0 Å². The highest BCUT2D eigenvalue weighted by Crippen LogP contribution is 2.35. The van der Waals surface area contributed by atoms with Crippen molar-refractivity contribution in [3.05, 3.63) is 71.5 Å². The van der Waals surface area contributed by atoms with Gasteiger partial charge in [-0.3, -0.25) is 9.69 Å². The van der Waals surface area contributed by atoms with Crippen LogP contribution in [0, 0.1) is 5.82 Å². The zero-order valence-corrected chi connectivity index (χ0v) is 14.4. The van der Waals surface area contributed by atoms with Crippen LogP contribution in [-0.2, 0) is 6.54 Å². The highest BCUT2D eigenvalue weighted by molar-refractivity contribution is 9.10. The van der Waals surface area contributed by atoms with Crippen molar-refractivity contribution in [1.82, 2.24) is 4.90 Å². The fourth-order valence-electron chi connectivity index (χ4n) is 2.99. The summed E-state index contributed by atoms with van der Waals surface area (Å²) < 4.78 is 12.5. The van der Waals surface area contributed by atoms with Gasteiger partial charge in [-0.15, -0.1) is 0 Å². The molecule has 0 atom stereocenters. The Labute approximate surface area is 144 Å². The molecule has 0 aromatic heterocycles. The minimum Gasteiger partial charge on any atom is -0.299 e. The van der Waals surface area contributed by atoms with Crippen LogP contribution < -0.4 is 0 Å². The highest BCUT2D eigenvalue weighted by atomic mass is 79.9. The fourth-order valence-corrected chi connectivity index (χ4v) is 3.58. The van der Waals surface area contributed by atoms with Crippen LogP contribution in [0.5, 0.6) is 0 Å². The van der Waals surface area contributed by atoms with Gasteiger partial charge in [0.25, 0.3) is 0 Å². The zero-order valence-electron chi connectivity index (χ0n) is 12.8. The number of halogens is 2. The quantitative estimate of drug-likeness (QED) is 0.581. The number of alkyl halides is 1. The first-order valence-corrected chi connectivity index (χ1v) is 8.62. The van der Waals surface area contributed by atoms with Crippen molar-refractivity contribution >= 4 is 21.7 Å². The number of carbonyl (C=O) groups is 1. The third-order valence-corrected chi connectivity index (χ3v) is 5.56. The molecule has 0 radical (unpaired) electrons. The van der Waals surface area contributed by atoms with E-state index < -0.39 is 4.32 Å². The summed E-state index contributed by atoms with van der Waals surface area (Å²) in [6.07, 6.45) is 1.52. The van der Waals surface area contributed by atoms with E-state index in [0.717, 1.165) is 32.5 Å². The van der Waals surface area contributed by atoms with E-state index in [9.17, 15) is 9.18 Å². The van der Waals surface area contributed by atoms with Crippen LogP contribution in [0.2, 0.25) is 0 Å². The molecule has 0 saturated carbocycles. The molecule has 0 N–H and O–H groups in total. The largest absolute Gasteiger partial charge is 0.299 e. The van der Waals surface area contributed by atoms with Crippen molar-refractivity contribution in [2.24, 2.45) is 0 Å². The monoisotopic (exact) mass is 375 g/mol. The summed E-state index contributed by atoms with van der Waals surface area (Å²) in [6, 6.07) is 16.2. The van der Waals surface area contributed by atoms with Crippen LogP contribution >= 0.6 is 15.9 Å². The third-order valence-electron chi connectivity index (χ3n) is 4.41. The molecule has 1 saturated heterocycles. The maximum absolute atomic E-state index is 13.0. The zero-order chi connectivity index (χ0) is 16.3. The van der Waals surface area contributed by atoms with Crippen LogP contribution in [-0.4, -0.2) is 28.1 Å². The second-order valence-electron chi connectivity index (χ2n) is 6.06. The average molecular weight is 376 g/mol. The molecule has 0 bridgehead atoms. The number of hydrogen-bond donors (Lipinski definition) is 0. The molecule has 1 aliphatic heterocycles. The molecular formula is C19H19BrFNO. The van der Waals surface area contributed by atoms with Crippen molar-refractivity contribution in [3.63, 3.8) is 0 Å². The van der Waals surface area contributed by atoms with Crippen LogP contribution in [0.4, 0.5) is 4.39 Å². The number of rotatable bonds is 4. The SMILES string of the molecule is O=C(c1ccc(F)cc1)C1(Br)CCN(Cc2ccccc2)CC1. The first kappa shape index (κ1) is 16.3. The molecule has 0 aliphatic carbocycles. The minimum absolute atomic E-state index is 0.0526. The van der Waals surface area contributed by atoms with E-state index in [4.69, 9.17) is 0 Å². The van der Waals surface area contributed by atoms with E-state index in [1.807, 2.05) is 18.2 Å². The van der Waals surface area contributed by atoms with Gasteiger partial charge in [0.2, 0.25) is 0 Å². The van der Waals surface area contributed by atoms with Crippen LogP contribution in [0.15, 0.2) is 54.6 Å². The molecule has 2 nitrogen and oxygen atoms in total. The van der Waals surface area contributed by atoms with Crippen LogP contribution in [0.3, 0.4) is 0 Å². The van der Waals surface area contributed by atoms with E-state index >= 15 is 0 Å². The van der Waals surface area contributed by atoms with Gasteiger partial charge in [0, 0.05) is 25.2 Å². The van der Waals surface area contributed by atoms with Crippen molar-refractivity contribution < 1.29 is 9.18 Å². The Hall–Kier alpha value is -1.52. The van der Waals surface area contributed by atoms with Crippen molar-refractivity contribution in [2.75, 3.05) is 13.1 Å². The molecular weight excluding hydrogens is 357 g/mol. The molecule has 23 heavy (non-hydrogen) atoms. The fraction of sp³-hybridized carbons (Fsp3) is 0.316. The van der Waals surface area contributed by atoms with Gasteiger partial charge in [-0.05, 0) is 42.7 Å². The highest BCUT2D eigenvalue weighted by Gasteiger charge is 2.39. The van der Waals surface area contributed by atoms with Crippen molar-refractivity contribution in [2.45, 2.75) is 23.7 Å². The molecule has 3 rings (SSSR count). The molecule has 2 aromatic carbocycles. The second kappa shape index (κ2) is 6.93. The first-order valence-electron chi connectivity index (χ1n) is 7.82. The summed E-state index contributed by atoms with van der Waals surface area (Å²) in [5.41, 5.74) is 1.86. The third kappa shape index (κ3) is 3.88. The number of carbonyl (C=O) groups excluding carboxylic acids is 1. The molecule has 120 valence electrons. The van der Waals surface area contributed by atoms with Gasteiger partial charge in [0.15, 0.2) is 5.78 Å². The lowest BCUT2D eigenvalue weighted by atomic mass is 9.88. The summed E-state index contributed by atoms with van der Waals surface area (Å²) in [4.78, 5) is 15.1. The number of benzene rings is 2. The molecule has 1 fully saturated rings. The summed E-state index contributed by atoms with van der Waals surface area (Å²) in [7, 11) is 0. The summed E-state index contributed by atoms with van der Waals surface area (Å²) in [6.45, 7) is 2.65. The lowest BCUT2D eigenvalue weighted by Gasteiger charge is -2.37. The van der Waals surface area contributed by atoms with Gasteiger partial charge >= 0.3 is 0 Å². The van der Waals surface area contributed by atoms with E-state index in [1.54, 1.807) is 12.1 Å². The van der Waals surface area contributed by atoms with Gasteiger partial charge in [-0.25, -0.2) is 4.39 Å². The minimum atomic E-state index is -0.530. The Balaban J connectivity index is 1.62. The van der Waals surface area contributed by atoms with Crippen molar-refractivity contribution in [3.8, 4) is 0 Å². The van der Waals surface area contributed by atoms with Gasteiger partial charge in [0.1, 0.15) is 5.82 Å². The molecule has 0 amide bonds. The first-order chi connectivity index (χ1) is 11.1. The molecule has 2 aromatic rings.